The van der Waals surface area contributed by atoms with E-state index in [1.807, 2.05) is 13.0 Å². The summed E-state index contributed by atoms with van der Waals surface area (Å²) in [5.74, 6) is -0.794. The number of methoxy groups -OCH3 is 1. The predicted octanol–water partition coefficient (Wildman–Crippen LogP) is 5.09. The van der Waals surface area contributed by atoms with Crippen molar-refractivity contribution in [2.24, 2.45) is 0 Å². The minimum atomic E-state index is -0.438. The van der Waals surface area contributed by atoms with Gasteiger partial charge in [0.1, 0.15) is 0 Å². The van der Waals surface area contributed by atoms with Gasteiger partial charge in [-0.05, 0) is 60.0 Å². The summed E-state index contributed by atoms with van der Waals surface area (Å²) in [5.41, 5.74) is 3.32. The third kappa shape index (κ3) is 3.33. The summed E-state index contributed by atoms with van der Waals surface area (Å²) >= 11 is 6.11. The van der Waals surface area contributed by atoms with Crippen molar-refractivity contribution in [1.29, 1.82) is 0 Å². The summed E-state index contributed by atoms with van der Waals surface area (Å²) in [6, 6.07) is 17.3. The fraction of sp³-hybridized carbons (Fsp3) is 0.0833. The number of phenols is 1. The maximum absolute atomic E-state index is 13.4. The van der Waals surface area contributed by atoms with Crippen LogP contribution >= 0.6 is 11.6 Å². The van der Waals surface area contributed by atoms with Gasteiger partial charge >= 0.3 is 0 Å². The highest BCUT2D eigenvalue weighted by Crippen LogP contribution is 2.38. The number of nitrogens with zero attached hydrogens (tertiary/aromatic N) is 1. The van der Waals surface area contributed by atoms with Crippen LogP contribution in [0.3, 0.4) is 0 Å². The Bertz CT molecular complexity index is 1220. The number of imide groups is 1. The molecule has 5 nitrogen and oxygen atoms in total. The molecule has 0 radical (unpaired) electrons. The molecule has 0 saturated carbocycles. The second-order valence-corrected chi connectivity index (χ2v) is 7.35. The Morgan fingerprint density at radius 1 is 0.967 bits per heavy atom. The number of hydrogen-bond donors (Lipinski definition) is 1. The van der Waals surface area contributed by atoms with Crippen LogP contribution in [0.2, 0.25) is 5.02 Å². The van der Waals surface area contributed by atoms with E-state index in [1.165, 1.54) is 18.1 Å². The van der Waals surface area contributed by atoms with Crippen LogP contribution in [-0.2, 0) is 4.79 Å². The highest BCUT2D eigenvalue weighted by atomic mass is 35.5. The molecule has 0 fully saturated rings. The van der Waals surface area contributed by atoms with Gasteiger partial charge in [0.15, 0.2) is 11.5 Å². The van der Waals surface area contributed by atoms with E-state index in [1.54, 1.807) is 54.6 Å². The standard InChI is InChI=1S/C24H18ClNO4/c1-14-6-5-7-16(10-14)26-23(28)18-9-4-3-8-17(18)19(24(26)29)11-15-12-20(25)22(27)21(13-15)30-2/h3-13,27H,1-2H3/b19-11-. The van der Waals surface area contributed by atoms with Gasteiger partial charge in [0.25, 0.3) is 11.8 Å². The monoisotopic (exact) mass is 419 g/mol. The Morgan fingerprint density at radius 2 is 1.70 bits per heavy atom. The third-order valence-corrected chi connectivity index (χ3v) is 5.21. The number of amides is 2. The molecule has 1 N–H and O–H groups in total. The number of ether oxygens (including phenoxy) is 1. The van der Waals surface area contributed by atoms with Crippen molar-refractivity contribution in [1.82, 2.24) is 0 Å². The first kappa shape index (κ1) is 19.7. The SMILES string of the molecule is COc1cc(/C=C2\C(=O)N(c3cccc(C)c3)C(=O)c3ccccc32)cc(Cl)c1O. The number of aryl methyl sites for hydroxylation is 1. The van der Waals surface area contributed by atoms with Gasteiger partial charge in [-0.2, -0.15) is 0 Å². The highest BCUT2D eigenvalue weighted by molar-refractivity contribution is 6.43. The molecule has 1 heterocycles. The number of aromatic hydroxyl groups is 1. The number of benzene rings is 3. The number of phenolic OH excluding ortho intramolecular Hbond substituents is 1. The quantitative estimate of drug-likeness (QED) is 0.474. The fourth-order valence-corrected chi connectivity index (χ4v) is 3.71. The summed E-state index contributed by atoms with van der Waals surface area (Å²) < 4.78 is 5.16. The Kier molecular flexibility index (Phi) is 5.06. The Balaban J connectivity index is 1.92. The van der Waals surface area contributed by atoms with Crippen molar-refractivity contribution in [3.8, 4) is 11.5 Å². The number of carbonyl (C=O) groups excluding carboxylic acids is 2. The van der Waals surface area contributed by atoms with Gasteiger partial charge in [-0.1, -0.05) is 41.9 Å². The molecule has 6 heteroatoms. The van der Waals surface area contributed by atoms with Crippen molar-refractivity contribution < 1.29 is 19.4 Å². The summed E-state index contributed by atoms with van der Waals surface area (Å²) in [7, 11) is 1.42. The molecule has 4 rings (SSSR count). The van der Waals surface area contributed by atoms with Crippen LogP contribution in [0.5, 0.6) is 11.5 Å². The average Bonchev–Trinajstić information content (AvgIpc) is 2.73. The van der Waals surface area contributed by atoms with E-state index in [2.05, 4.69) is 0 Å². The van der Waals surface area contributed by atoms with Crippen LogP contribution in [-0.4, -0.2) is 24.0 Å². The molecule has 150 valence electrons. The first-order chi connectivity index (χ1) is 14.4. The van der Waals surface area contributed by atoms with Crippen LogP contribution in [0.4, 0.5) is 5.69 Å². The molecule has 1 aliphatic rings. The predicted molar refractivity (Wildman–Crippen MR) is 117 cm³/mol. The molecule has 3 aromatic carbocycles. The van der Waals surface area contributed by atoms with E-state index < -0.39 is 5.91 Å². The van der Waals surface area contributed by atoms with Crippen molar-refractivity contribution in [2.75, 3.05) is 12.0 Å². The number of carbonyl (C=O) groups is 2. The van der Waals surface area contributed by atoms with Crippen LogP contribution in [0, 0.1) is 6.92 Å². The molecule has 3 aromatic rings. The van der Waals surface area contributed by atoms with Gasteiger partial charge in [0.05, 0.1) is 17.8 Å². The van der Waals surface area contributed by atoms with Gasteiger partial charge in [-0.25, -0.2) is 4.90 Å². The molecule has 0 atom stereocenters. The maximum Gasteiger partial charge on any atom is 0.265 e. The van der Waals surface area contributed by atoms with Crippen LogP contribution < -0.4 is 9.64 Å². The van der Waals surface area contributed by atoms with Crippen molar-refractivity contribution in [3.05, 3.63) is 87.9 Å². The number of anilines is 1. The lowest BCUT2D eigenvalue weighted by Crippen LogP contribution is -2.41. The van der Waals surface area contributed by atoms with Gasteiger partial charge < -0.3 is 9.84 Å². The zero-order valence-electron chi connectivity index (χ0n) is 16.3. The molecular weight excluding hydrogens is 402 g/mol. The summed E-state index contributed by atoms with van der Waals surface area (Å²) in [6.45, 7) is 1.90. The van der Waals surface area contributed by atoms with Crippen LogP contribution in [0.25, 0.3) is 11.6 Å². The first-order valence-electron chi connectivity index (χ1n) is 9.23. The molecule has 0 unspecified atom stereocenters. The van der Waals surface area contributed by atoms with E-state index in [4.69, 9.17) is 16.3 Å². The Hall–Kier alpha value is -3.57. The number of halogens is 1. The van der Waals surface area contributed by atoms with E-state index in [9.17, 15) is 14.7 Å². The summed E-state index contributed by atoms with van der Waals surface area (Å²) in [5, 5.41) is 10.1. The normalized spacial score (nSPS) is 14.8. The fourth-order valence-electron chi connectivity index (χ4n) is 3.49. The zero-order chi connectivity index (χ0) is 21.4. The number of fused-ring (bicyclic) bond motifs is 1. The molecule has 0 saturated heterocycles. The van der Waals surface area contributed by atoms with Gasteiger partial charge in [-0.3, -0.25) is 9.59 Å². The Morgan fingerprint density at radius 3 is 2.40 bits per heavy atom. The lowest BCUT2D eigenvalue weighted by atomic mass is 9.91. The van der Waals surface area contributed by atoms with E-state index in [-0.39, 0.29) is 22.4 Å². The van der Waals surface area contributed by atoms with Crippen molar-refractivity contribution in [2.45, 2.75) is 6.92 Å². The lowest BCUT2D eigenvalue weighted by Gasteiger charge is -2.29. The smallest absolute Gasteiger partial charge is 0.265 e. The lowest BCUT2D eigenvalue weighted by molar-refractivity contribution is -0.112. The second kappa shape index (κ2) is 7.69. The molecular formula is C24H18ClNO4. The largest absolute Gasteiger partial charge is 0.503 e. The minimum Gasteiger partial charge on any atom is -0.503 e. The van der Waals surface area contributed by atoms with Gasteiger partial charge in [0, 0.05) is 11.1 Å². The zero-order valence-corrected chi connectivity index (χ0v) is 17.1. The van der Waals surface area contributed by atoms with Crippen molar-refractivity contribution in [3.63, 3.8) is 0 Å². The summed E-state index contributed by atoms with van der Waals surface area (Å²) in [4.78, 5) is 27.8. The first-order valence-corrected chi connectivity index (χ1v) is 9.61. The van der Waals surface area contributed by atoms with Crippen molar-refractivity contribution >= 4 is 40.8 Å². The topological polar surface area (TPSA) is 66.8 Å². The molecule has 0 aromatic heterocycles. The Labute approximate surface area is 178 Å². The molecule has 0 spiro atoms. The van der Waals surface area contributed by atoms with E-state index in [0.717, 1.165) is 5.56 Å². The molecule has 0 bridgehead atoms. The minimum absolute atomic E-state index is 0.101. The molecule has 0 aliphatic carbocycles. The van der Waals surface area contributed by atoms with Crippen LogP contribution in [0.1, 0.15) is 27.0 Å². The molecule has 1 aliphatic heterocycles. The van der Waals surface area contributed by atoms with E-state index in [0.29, 0.717) is 28.0 Å². The average molecular weight is 420 g/mol. The van der Waals surface area contributed by atoms with E-state index >= 15 is 0 Å². The number of rotatable bonds is 3. The molecule has 2 amide bonds. The second-order valence-electron chi connectivity index (χ2n) is 6.94. The summed E-state index contributed by atoms with van der Waals surface area (Å²) in [6.07, 6.45) is 1.64. The van der Waals surface area contributed by atoms with Gasteiger partial charge in [0.2, 0.25) is 0 Å². The van der Waals surface area contributed by atoms with Gasteiger partial charge in [-0.15, -0.1) is 0 Å². The highest BCUT2D eigenvalue weighted by Gasteiger charge is 2.35. The third-order valence-electron chi connectivity index (χ3n) is 4.93. The number of hydrogen-bond acceptors (Lipinski definition) is 4. The van der Waals surface area contributed by atoms with Crippen LogP contribution in [0.15, 0.2) is 60.7 Å². The maximum atomic E-state index is 13.4. The molecule has 30 heavy (non-hydrogen) atoms.